The molecule has 2 aromatic heterocycles. The first kappa shape index (κ1) is 24.6. The number of carbonyl (C=O) groups excluding carboxylic acids is 3. The van der Waals surface area contributed by atoms with Crippen LogP contribution in [0.1, 0.15) is 27.2 Å². The van der Waals surface area contributed by atoms with Crippen molar-refractivity contribution in [3.8, 4) is 11.3 Å². The molecule has 0 aliphatic heterocycles. The Bertz CT molecular complexity index is 1590. The molecular weight excluding hydrogens is 482 g/mol. The van der Waals surface area contributed by atoms with Crippen LogP contribution in [0.25, 0.3) is 22.4 Å². The minimum atomic E-state index is -1.10. The van der Waals surface area contributed by atoms with Gasteiger partial charge >= 0.3 is 0 Å². The van der Waals surface area contributed by atoms with Crippen molar-refractivity contribution >= 4 is 28.6 Å². The third-order valence-electron chi connectivity index (χ3n) is 6.19. The number of aryl methyl sites for hydroxylation is 1. The van der Waals surface area contributed by atoms with E-state index in [1.807, 2.05) is 66.7 Å². The molecule has 5 aromatic rings. The number of aromatic nitrogens is 3. The number of nitrogens with zero attached hydrogens (tertiary/aromatic N) is 2. The summed E-state index contributed by atoms with van der Waals surface area (Å²) in [5, 5.41) is 9.39. The highest BCUT2D eigenvalue weighted by Gasteiger charge is 2.30. The molecule has 3 N–H and O–H groups in total. The van der Waals surface area contributed by atoms with Gasteiger partial charge in [0.25, 0.3) is 11.8 Å². The summed E-state index contributed by atoms with van der Waals surface area (Å²) in [4.78, 5) is 46.8. The molecule has 1 unspecified atom stereocenters. The molecule has 9 nitrogen and oxygen atoms in total. The first-order chi connectivity index (χ1) is 18.5. The molecule has 0 radical (unpaired) electrons. The average Bonchev–Trinajstić information content (AvgIpc) is 3.58. The number of Topliss-reactive ketones (excluding diaryl/α,β-unsaturated/α-hetero) is 1. The van der Waals surface area contributed by atoms with Crippen LogP contribution in [0.2, 0.25) is 0 Å². The molecule has 0 fully saturated rings. The zero-order valence-electron chi connectivity index (χ0n) is 20.6. The predicted octanol–water partition coefficient (Wildman–Crippen LogP) is 3.75. The summed E-state index contributed by atoms with van der Waals surface area (Å²) in [5.74, 6) is -1.79. The lowest BCUT2D eigenvalue weighted by Gasteiger charge is -2.18. The van der Waals surface area contributed by atoms with Gasteiger partial charge in [-0.05, 0) is 30.2 Å². The van der Waals surface area contributed by atoms with Crippen LogP contribution in [-0.4, -0.2) is 38.8 Å². The standard InChI is InChI=1S/C29H25N5O4/c1-18-25(27(38-34-18)21-10-6-3-7-11-21)28(36)33-24(14-19-8-4-2-5-9-19)26(35)29(37)30-16-20-12-13-22-23(15-20)32-17-31-22/h2-13,15,17,24H,14,16H2,1H3,(H,30,37)(H,31,32)(H,33,36). The van der Waals surface area contributed by atoms with E-state index in [0.717, 1.165) is 22.2 Å². The highest BCUT2D eigenvalue weighted by Crippen LogP contribution is 2.26. The molecule has 0 bridgehead atoms. The number of benzene rings is 3. The quantitative estimate of drug-likeness (QED) is 0.261. The van der Waals surface area contributed by atoms with Crippen molar-refractivity contribution in [3.05, 3.63) is 108 Å². The Morgan fingerprint density at radius 3 is 2.45 bits per heavy atom. The van der Waals surface area contributed by atoms with Crippen LogP contribution in [0.4, 0.5) is 0 Å². The largest absolute Gasteiger partial charge is 0.355 e. The number of aromatic amines is 1. The van der Waals surface area contributed by atoms with Gasteiger partial charge in [0.05, 0.1) is 23.1 Å². The second kappa shape index (κ2) is 10.9. The molecule has 1 atom stereocenters. The number of nitrogens with one attached hydrogen (secondary N) is 3. The van der Waals surface area contributed by atoms with Gasteiger partial charge in [0.2, 0.25) is 5.78 Å². The Hall–Kier alpha value is -5.05. The van der Waals surface area contributed by atoms with E-state index >= 15 is 0 Å². The van der Waals surface area contributed by atoms with E-state index in [-0.39, 0.29) is 18.5 Å². The molecule has 3 aromatic carbocycles. The predicted molar refractivity (Wildman–Crippen MR) is 141 cm³/mol. The lowest BCUT2D eigenvalue weighted by atomic mass is 10.00. The van der Waals surface area contributed by atoms with Gasteiger partial charge in [-0.15, -0.1) is 0 Å². The number of amides is 2. The Morgan fingerprint density at radius 1 is 0.947 bits per heavy atom. The highest BCUT2D eigenvalue weighted by molar-refractivity contribution is 6.38. The number of fused-ring (bicyclic) bond motifs is 1. The number of carbonyl (C=O) groups is 3. The maximum absolute atomic E-state index is 13.4. The van der Waals surface area contributed by atoms with E-state index in [1.54, 1.807) is 25.4 Å². The van der Waals surface area contributed by atoms with Gasteiger partial charge < -0.3 is 20.1 Å². The van der Waals surface area contributed by atoms with Crippen LogP contribution in [-0.2, 0) is 22.6 Å². The maximum atomic E-state index is 13.4. The number of H-pyrrole nitrogens is 1. The summed E-state index contributed by atoms with van der Waals surface area (Å²) < 4.78 is 5.44. The third-order valence-corrected chi connectivity index (χ3v) is 6.19. The zero-order chi connectivity index (χ0) is 26.5. The molecule has 2 amide bonds. The lowest BCUT2D eigenvalue weighted by molar-refractivity contribution is -0.139. The Labute approximate surface area is 218 Å². The number of hydrogen-bond acceptors (Lipinski definition) is 6. The van der Waals surface area contributed by atoms with Crippen molar-refractivity contribution in [2.75, 3.05) is 0 Å². The first-order valence-corrected chi connectivity index (χ1v) is 12.1. The van der Waals surface area contributed by atoms with Crippen LogP contribution < -0.4 is 10.6 Å². The first-order valence-electron chi connectivity index (χ1n) is 12.1. The van der Waals surface area contributed by atoms with Gasteiger partial charge in [-0.2, -0.15) is 0 Å². The fraction of sp³-hybridized carbons (Fsp3) is 0.138. The summed E-state index contributed by atoms with van der Waals surface area (Å²) in [6.45, 7) is 1.80. The lowest BCUT2D eigenvalue weighted by Crippen LogP contribution is -2.48. The van der Waals surface area contributed by atoms with E-state index in [1.165, 1.54) is 0 Å². The van der Waals surface area contributed by atoms with Gasteiger partial charge in [-0.25, -0.2) is 4.98 Å². The fourth-order valence-corrected chi connectivity index (χ4v) is 4.23. The van der Waals surface area contributed by atoms with Crippen molar-refractivity contribution < 1.29 is 18.9 Å². The molecule has 9 heteroatoms. The van der Waals surface area contributed by atoms with Crippen LogP contribution in [0, 0.1) is 6.92 Å². The van der Waals surface area contributed by atoms with Gasteiger partial charge in [0.15, 0.2) is 5.76 Å². The van der Waals surface area contributed by atoms with Crippen molar-refractivity contribution in [1.82, 2.24) is 25.8 Å². The molecule has 0 saturated heterocycles. The normalized spacial score (nSPS) is 11.7. The molecule has 5 rings (SSSR count). The highest BCUT2D eigenvalue weighted by atomic mass is 16.5. The molecule has 0 aliphatic carbocycles. The molecule has 0 saturated carbocycles. The third kappa shape index (κ3) is 5.36. The molecule has 38 heavy (non-hydrogen) atoms. The van der Waals surface area contributed by atoms with Gasteiger partial charge in [0.1, 0.15) is 11.6 Å². The van der Waals surface area contributed by atoms with Crippen LogP contribution in [0.15, 0.2) is 89.7 Å². The van der Waals surface area contributed by atoms with Crippen LogP contribution in [0.3, 0.4) is 0 Å². The van der Waals surface area contributed by atoms with E-state index in [2.05, 4.69) is 25.8 Å². The van der Waals surface area contributed by atoms with E-state index < -0.39 is 23.6 Å². The van der Waals surface area contributed by atoms with Crippen LogP contribution >= 0.6 is 0 Å². The molecule has 190 valence electrons. The second-order valence-electron chi connectivity index (χ2n) is 8.85. The summed E-state index contributed by atoms with van der Waals surface area (Å²) in [6, 6.07) is 22.7. The number of ketones is 1. The van der Waals surface area contributed by atoms with Crippen molar-refractivity contribution in [2.24, 2.45) is 0 Å². The smallest absolute Gasteiger partial charge is 0.289 e. The molecular formula is C29H25N5O4. The minimum Gasteiger partial charge on any atom is -0.355 e. The summed E-state index contributed by atoms with van der Waals surface area (Å²) >= 11 is 0. The molecule has 0 aliphatic rings. The van der Waals surface area contributed by atoms with Crippen molar-refractivity contribution in [1.29, 1.82) is 0 Å². The van der Waals surface area contributed by atoms with E-state index in [4.69, 9.17) is 4.52 Å². The number of rotatable bonds is 9. The minimum absolute atomic E-state index is 0.143. The maximum Gasteiger partial charge on any atom is 0.289 e. The SMILES string of the molecule is Cc1noc(-c2ccccc2)c1C(=O)NC(Cc1ccccc1)C(=O)C(=O)NCc1ccc2nc[nH]c2c1. The Morgan fingerprint density at radius 2 is 1.68 bits per heavy atom. The van der Waals surface area contributed by atoms with Crippen molar-refractivity contribution in [2.45, 2.75) is 25.9 Å². The number of imidazole rings is 1. The summed E-state index contributed by atoms with van der Waals surface area (Å²) in [5.41, 5.74) is 4.52. The monoisotopic (exact) mass is 507 g/mol. The van der Waals surface area contributed by atoms with Gasteiger partial charge in [-0.1, -0.05) is 71.9 Å². The number of hydrogen-bond donors (Lipinski definition) is 3. The topological polar surface area (TPSA) is 130 Å². The second-order valence-corrected chi connectivity index (χ2v) is 8.85. The Balaban J connectivity index is 1.35. The zero-order valence-corrected chi connectivity index (χ0v) is 20.6. The fourth-order valence-electron chi connectivity index (χ4n) is 4.23. The van der Waals surface area contributed by atoms with Gasteiger partial charge in [0, 0.05) is 18.5 Å². The summed E-state index contributed by atoms with van der Waals surface area (Å²) in [6.07, 6.45) is 1.73. The van der Waals surface area contributed by atoms with Crippen molar-refractivity contribution in [3.63, 3.8) is 0 Å². The Kier molecular flexibility index (Phi) is 7.08. The molecule has 0 spiro atoms. The average molecular weight is 508 g/mol. The van der Waals surface area contributed by atoms with Gasteiger partial charge in [-0.3, -0.25) is 14.4 Å². The molecule has 2 heterocycles. The van der Waals surface area contributed by atoms with E-state index in [9.17, 15) is 14.4 Å². The summed E-state index contributed by atoms with van der Waals surface area (Å²) in [7, 11) is 0. The van der Waals surface area contributed by atoms with Crippen LogP contribution in [0.5, 0.6) is 0 Å². The van der Waals surface area contributed by atoms with E-state index in [0.29, 0.717) is 17.0 Å².